The molecule has 0 amide bonds. The molecule has 0 N–H and O–H groups in total. The number of rotatable bonds is 2. The fraction of sp³-hybridized carbons (Fsp3) is 0.946. The van der Waals surface area contributed by atoms with Gasteiger partial charge >= 0.3 is 37.9 Å². The predicted molar refractivity (Wildman–Crippen MR) is 178 cm³/mol. The zero-order chi connectivity index (χ0) is 27.7. The van der Waals surface area contributed by atoms with E-state index in [0.29, 0.717) is 0 Å². The molecular formula is C37H64Cl2N2Zr. The van der Waals surface area contributed by atoms with E-state index < -0.39 is 20.8 Å². The minimum absolute atomic E-state index is 0. The van der Waals surface area contributed by atoms with Crippen LogP contribution in [0.15, 0.2) is 0 Å². The topological polar surface area (TPSA) is 6.48 Å². The van der Waals surface area contributed by atoms with E-state index in [2.05, 4.69) is 37.7 Å². The van der Waals surface area contributed by atoms with Crippen molar-refractivity contribution in [2.75, 3.05) is 14.1 Å². The van der Waals surface area contributed by atoms with Crippen molar-refractivity contribution in [3.8, 4) is 0 Å². The fourth-order valence-electron chi connectivity index (χ4n) is 14.3. The van der Waals surface area contributed by atoms with Gasteiger partial charge in [-0.2, -0.15) is 0 Å². The summed E-state index contributed by atoms with van der Waals surface area (Å²) in [7, 11) is 15.1. The first-order chi connectivity index (χ1) is 19.4. The maximum absolute atomic E-state index is 4.93. The summed E-state index contributed by atoms with van der Waals surface area (Å²) in [6, 6.07) is 3.72. The molecule has 16 atom stereocenters. The van der Waals surface area contributed by atoms with Crippen molar-refractivity contribution in [3.05, 3.63) is 14.9 Å². The van der Waals surface area contributed by atoms with Crippen LogP contribution in [-0.4, -0.2) is 48.1 Å². The summed E-state index contributed by atoms with van der Waals surface area (Å²) >= 11 is -0.826. The van der Waals surface area contributed by atoms with Crippen LogP contribution >= 0.6 is 17.0 Å². The molecule has 2 heterocycles. The summed E-state index contributed by atoms with van der Waals surface area (Å²) in [6.07, 6.45) is 23.2. The van der Waals surface area contributed by atoms with Crippen LogP contribution in [0.4, 0.5) is 0 Å². The van der Waals surface area contributed by atoms with Crippen LogP contribution in [0.2, 0.25) is 0 Å². The molecule has 240 valence electrons. The summed E-state index contributed by atoms with van der Waals surface area (Å²) in [5.41, 5.74) is 0. The van der Waals surface area contributed by atoms with E-state index in [1.165, 1.54) is 51.4 Å². The van der Waals surface area contributed by atoms with Gasteiger partial charge < -0.3 is 14.9 Å². The number of hydrogen-bond acceptors (Lipinski definition) is 2. The van der Waals surface area contributed by atoms with Crippen LogP contribution in [0.5, 0.6) is 0 Å². The molecule has 42 heavy (non-hydrogen) atoms. The quantitative estimate of drug-likeness (QED) is 0.265. The van der Waals surface area contributed by atoms with Gasteiger partial charge in [0.25, 0.3) is 0 Å². The Morgan fingerprint density at radius 3 is 1.29 bits per heavy atom. The molecule has 0 spiro atoms. The van der Waals surface area contributed by atoms with E-state index in [1.54, 1.807) is 44.9 Å². The molecule has 5 heteroatoms. The summed E-state index contributed by atoms with van der Waals surface area (Å²) < 4.78 is 0. The molecule has 8 aliphatic rings. The minimum atomic E-state index is -0.826. The Bertz CT molecular complexity index is 820. The third-order valence-electron chi connectivity index (χ3n) is 15.3. The number of fused-ring (bicyclic) bond motifs is 10. The van der Waals surface area contributed by atoms with Gasteiger partial charge in [-0.1, -0.05) is 39.5 Å². The van der Waals surface area contributed by atoms with Gasteiger partial charge in [0.2, 0.25) is 0 Å². The molecule has 0 aromatic carbocycles. The summed E-state index contributed by atoms with van der Waals surface area (Å²) in [6.45, 7) is 5.15. The van der Waals surface area contributed by atoms with Gasteiger partial charge in [-0.15, -0.1) is 0 Å². The molecule has 0 aromatic heterocycles. The van der Waals surface area contributed by atoms with Crippen molar-refractivity contribution < 1.29 is 20.8 Å². The molecule has 0 aromatic rings. The van der Waals surface area contributed by atoms with Crippen LogP contribution in [0.25, 0.3) is 0 Å². The molecule has 2 saturated heterocycles. The molecular weight excluding hydrogens is 635 g/mol. The summed E-state index contributed by atoms with van der Waals surface area (Å²) in [5, 5.41) is 0. The van der Waals surface area contributed by atoms with E-state index in [9.17, 15) is 0 Å². The molecule has 6 saturated carbocycles. The van der Waals surface area contributed by atoms with Crippen LogP contribution in [0.1, 0.15) is 110 Å². The first kappa shape index (κ1) is 34.7. The van der Waals surface area contributed by atoms with Gasteiger partial charge in [-0.05, 0) is 156 Å². The van der Waals surface area contributed by atoms with E-state index in [0.717, 1.165) is 95.2 Å². The Kier molecular flexibility index (Phi) is 11.8. The van der Waals surface area contributed by atoms with Gasteiger partial charge in [-0.3, -0.25) is 9.80 Å². The molecule has 0 radical (unpaired) electrons. The van der Waals surface area contributed by atoms with E-state index in [-0.39, 0.29) is 14.9 Å². The number of halogens is 2. The van der Waals surface area contributed by atoms with Crippen molar-refractivity contribution in [1.82, 2.24) is 9.80 Å². The van der Waals surface area contributed by atoms with Crippen LogP contribution in [-0.2, 0) is 20.8 Å². The Morgan fingerprint density at radius 2 is 0.905 bits per heavy atom. The van der Waals surface area contributed by atoms with Crippen molar-refractivity contribution in [3.63, 3.8) is 0 Å². The molecule has 2 nitrogen and oxygen atoms in total. The SMILES string of the molecule is CC1CCC2C(C1)C1C3CCCCC3C(CC3C4CCCCC4C4C5CC(C)CCC5N(C)C34)C1N2C.[CH3-].[CH3-].[Cl][Zr+2][Cl]. The average Bonchev–Trinajstić information content (AvgIpc) is 3.63. The third kappa shape index (κ3) is 5.64. The number of hydrogen-bond donors (Lipinski definition) is 0. The fourth-order valence-corrected chi connectivity index (χ4v) is 14.3. The summed E-state index contributed by atoms with van der Waals surface area (Å²) in [4.78, 5) is 6.10. The normalized spacial score (nSPS) is 52.5. The average molecular weight is 699 g/mol. The summed E-state index contributed by atoms with van der Waals surface area (Å²) in [5.74, 6) is 12.5. The second-order valence-electron chi connectivity index (χ2n) is 16.6. The van der Waals surface area contributed by atoms with Gasteiger partial charge in [-0.25, -0.2) is 0 Å². The Hall–Kier alpha value is 1.38. The van der Waals surface area contributed by atoms with Crippen LogP contribution in [0, 0.1) is 85.9 Å². The zero-order valence-corrected chi connectivity index (χ0v) is 32.0. The molecule has 2 aliphatic heterocycles. The van der Waals surface area contributed by atoms with Gasteiger partial charge in [0, 0.05) is 24.2 Å². The molecule has 0 bridgehead atoms. The van der Waals surface area contributed by atoms with Crippen LogP contribution < -0.4 is 0 Å². The molecule has 6 aliphatic carbocycles. The molecule has 16 unspecified atom stereocenters. The Balaban J connectivity index is 0.000000679. The van der Waals surface area contributed by atoms with E-state index >= 15 is 0 Å². The van der Waals surface area contributed by atoms with Crippen molar-refractivity contribution >= 4 is 17.0 Å². The maximum atomic E-state index is 4.93. The van der Waals surface area contributed by atoms with Crippen molar-refractivity contribution in [1.29, 1.82) is 0 Å². The van der Waals surface area contributed by atoms with Crippen LogP contribution in [0.3, 0.4) is 0 Å². The van der Waals surface area contributed by atoms with E-state index in [1.807, 2.05) is 0 Å². The standard InChI is InChI=1S/C35H58N2.2CH3.2ClH.Zr/c1-20-13-15-30-28(17-20)32-24-11-7-5-9-22(24)26(34(32)36(30)3)19-27-23-10-6-8-12-25(23)33-29-18-21(2)14-16-31(29)37(4)35(27)33;;;;;/h20-35H,5-19H2,1-4H3;2*1H3;2*1H;/q;2*-1;;;+4/p-2. The Morgan fingerprint density at radius 1 is 0.548 bits per heavy atom. The van der Waals surface area contributed by atoms with Gasteiger partial charge in [0.05, 0.1) is 0 Å². The molecule has 8 fully saturated rings. The number of likely N-dealkylation sites (tertiary alicyclic amines) is 2. The first-order valence-electron chi connectivity index (χ1n) is 17.8. The second kappa shape index (κ2) is 14.2. The number of nitrogens with zero attached hydrogens (tertiary/aromatic N) is 2. The van der Waals surface area contributed by atoms with E-state index in [4.69, 9.17) is 17.0 Å². The third-order valence-corrected chi connectivity index (χ3v) is 15.3. The van der Waals surface area contributed by atoms with Crippen molar-refractivity contribution in [2.45, 2.75) is 134 Å². The first-order valence-corrected chi connectivity index (χ1v) is 24.2. The monoisotopic (exact) mass is 696 g/mol. The second-order valence-corrected chi connectivity index (χ2v) is 20.4. The van der Waals surface area contributed by atoms with Gasteiger partial charge in [0.15, 0.2) is 0 Å². The Labute approximate surface area is 280 Å². The van der Waals surface area contributed by atoms with Crippen molar-refractivity contribution in [2.24, 2.45) is 71.0 Å². The zero-order valence-electron chi connectivity index (χ0n) is 28.0. The van der Waals surface area contributed by atoms with Gasteiger partial charge in [0.1, 0.15) is 0 Å². The molecule has 8 rings (SSSR count). The predicted octanol–water partition coefficient (Wildman–Crippen LogP) is 10.00.